The van der Waals surface area contributed by atoms with E-state index in [0.717, 1.165) is 61.5 Å². The average Bonchev–Trinajstić information content (AvgIpc) is 2.87. The van der Waals surface area contributed by atoms with Crippen LogP contribution < -0.4 is 4.90 Å². The number of ether oxygens (including phenoxy) is 1. The van der Waals surface area contributed by atoms with Crippen LogP contribution in [-0.2, 0) is 23.3 Å². The summed E-state index contributed by atoms with van der Waals surface area (Å²) >= 11 is 1.73. The lowest BCUT2D eigenvalue weighted by Crippen LogP contribution is -2.32. The van der Waals surface area contributed by atoms with Crippen molar-refractivity contribution in [3.63, 3.8) is 0 Å². The molecule has 0 unspecified atom stereocenters. The fraction of sp³-hybridized carbons (Fsp3) is 0.650. The van der Waals surface area contributed by atoms with E-state index in [1.165, 1.54) is 5.69 Å². The Morgan fingerprint density at radius 2 is 1.89 bits per heavy atom. The third-order valence-electron chi connectivity index (χ3n) is 4.69. The molecule has 1 aliphatic rings. The standard InChI is InChI=1S/C20H31N5OS/c1-15-21-17(14-27-15)12-24-7-6-8-25(10-9-24)18-11-16(13-26-5)22-19(23-18)20(2,3)4/h11,14H,6-10,12-13H2,1-5H3. The van der Waals surface area contributed by atoms with Crippen molar-refractivity contribution in [2.45, 2.75) is 52.7 Å². The summed E-state index contributed by atoms with van der Waals surface area (Å²) in [7, 11) is 1.71. The van der Waals surface area contributed by atoms with Gasteiger partial charge in [-0.05, 0) is 13.3 Å². The van der Waals surface area contributed by atoms with E-state index in [9.17, 15) is 0 Å². The van der Waals surface area contributed by atoms with Crippen LogP contribution in [0.4, 0.5) is 5.82 Å². The molecule has 0 radical (unpaired) electrons. The molecule has 1 fully saturated rings. The summed E-state index contributed by atoms with van der Waals surface area (Å²) in [6, 6.07) is 2.08. The SMILES string of the molecule is COCc1cc(N2CCCN(Cc3csc(C)n3)CC2)nc(C(C)(C)C)n1. The number of aryl methyl sites for hydroxylation is 1. The maximum absolute atomic E-state index is 5.33. The second kappa shape index (κ2) is 8.63. The molecule has 0 atom stereocenters. The minimum atomic E-state index is -0.0845. The van der Waals surface area contributed by atoms with Gasteiger partial charge in [0.05, 0.1) is 23.0 Å². The fourth-order valence-electron chi connectivity index (χ4n) is 3.27. The number of nitrogens with zero attached hydrogens (tertiary/aromatic N) is 5. The van der Waals surface area contributed by atoms with Gasteiger partial charge in [0.2, 0.25) is 0 Å². The molecule has 1 saturated heterocycles. The van der Waals surface area contributed by atoms with Gasteiger partial charge in [0.25, 0.3) is 0 Å². The van der Waals surface area contributed by atoms with Gasteiger partial charge < -0.3 is 9.64 Å². The van der Waals surface area contributed by atoms with Gasteiger partial charge in [0.1, 0.15) is 11.6 Å². The monoisotopic (exact) mass is 389 g/mol. The Kier molecular flexibility index (Phi) is 6.44. The largest absolute Gasteiger partial charge is 0.378 e. The number of methoxy groups -OCH3 is 1. The summed E-state index contributed by atoms with van der Waals surface area (Å²) in [5.41, 5.74) is 2.05. The molecule has 0 amide bonds. The van der Waals surface area contributed by atoms with Gasteiger partial charge in [-0.15, -0.1) is 11.3 Å². The molecule has 3 heterocycles. The molecule has 2 aromatic rings. The Balaban J connectivity index is 1.73. The maximum Gasteiger partial charge on any atom is 0.136 e. The number of aromatic nitrogens is 3. The molecule has 0 aliphatic carbocycles. The molecule has 6 nitrogen and oxygen atoms in total. The molecule has 0 saturated carbocycles. The average molecular weight is 390 g/mol. The van der Waals surface area contributed by atoms with E-state index < -0.39 is 0 Å². The van der Waals surface area contributed by atoms with Crippen LogP contribution in [0.25, 0.3) is 0 Å². The molecule has 0 N–H and O–H groups in total. The molecule has 27 heavy (non-hydrogen) atoms. The highest BCUT2D eigenvalue weighted by molar-refractivity contribution is 7.09. The van der Waals surface area contributed by atoms with E-state index in [1.54, 1.807) is 18.4 Å². The Morgan fingerprint density at radius 1 is 1.07 bits per heavy atom. The van der Waals surface area contributed by atoms with Crippen molar-refractivity contribution in [1.29, 1.82) is 0 Å². The molecular formula is C20H31N5OS. The third kappa shape index (κ3) is 5.46. The topological polar surface area (TPSA) is 54.4 Å². The second-order valence-electron chi connectivity index (χ2n) is 8.20. The summed E-state index contributed by atoms with van der Waals surface area (Å²) in [5, 5.41) is 3.32. The third-order valence-corrected chi connectivity index (χ3v) is 5.52. The first-order chi connectivity index (χ1) is 12.8. The summed E-state index contributed by atoms with van der Waals surface area (Å²) < 4.78 is 5.33. The van der Waals surface area contributed by atoms with Gasteiger partial charge in [0.15, 0.2) is 0 Å². The molecule has 148 valence electrons. The predicted molar refractivity (Wildman–Crippen MR) is 110 cm³/mol. The Bertz CT molecular complexity index is 755. The van der Waals surface area contributed by atoms with E-state index in [-0.39, 0.29) is 5.41 Å². The highest BCUT2D eigenvalue weighted by Crippen LogP contribution is 2.23. The number of rotatable bonds is 5. The highest BCUT2D eigenvalue weighted by Gasteiger charge is 2.22. The molecular weight excluding hydrogens is 358 g/mol. The molecule has 0 aromatic carbocycles. The zero-order chi connectivity index (χ0) is 19.4. The normalized spacial score (nSPS) is 16.6. The van der Waals surface area contributed by atoms with Crippen molar-refractivity contribution in [1.82, 2.24) is 19.9 Å². The van der Waals surface area contributed by atoms with Crippen LogP contribution in [-0.4, -0.2) is 53.1 Å². The van der Waals surface area contributed by atoms with E-state index in [4.69, 9.17) is 14.7 Å². The smallest absolute Gasteiger partial charge is 0.136 e. The molecule has 3 rings (SSSR count). The van der Waals surface area contributed by atoms with Crippen LogP contribution in [0.5, 0.6) is 0 Å². The summed E-state index contributed by atoms with van der Waals surface area (Å²) in [6.45, 7) is 14.1. The number of anilines is 1. The lowest BCUT2D eigenvalue weighted by molar-refractivity contribution is 0.181. The van der Waals surface area contributed by atoms with Crippen LogP contribution in [0.3, 0.4) is 0 Å². The van der Waals surface area contributed by atoms with E-state index >= 15 is 0 Å². The summed E-state index contributed by atoms with van der Waals surface area (Å²) in [4.78, 5) is 19.1. The van der Waals surface area contributed by atoms with Crippen molar-refractivity contribution in [3.8, 4) is 0 Å². The van der Waals surface area contributed by atoms with Gasteiger partial charge in [0, 0.05) is 56.7 Å². The van der Waals surface area contributed by atoms with Gasteiger partial charge in [-0.1, -0.05) is 20.8 Å². The first-order valence-corrected chi connectivity index (χ1v) is 10.5. The van der Waals surface area contributed by atoms with Crippen molar-refractivity contribution < 1.29 is 4.74 Å². The summed E-state index contributed by atoms with van der Waals surface area (Å²) in [5.74, 6) is 1.90. The number of hydrogen-bond donors (Lipinski definition) is 0. The summed E-state index contributed by atoms with van der Waals surface area (Å²) in [6.07, 6.45) is 1.12. The van der Waals surface area contributed by atoms with E-state index in [1.807, 2.05) is 0 Å². The van der Waals surface area contributed by atoms with Crippen LogP contribution in [0.1, 0.15) is 49.4 Å². The van der Waals surface area contributed by atoms with Crippen LogP contribution in [0, 0.1) is 6.92 Å². The Labute approximate surface area is 166 Å². The minimum absolute atomic E-state index is 0.0845. The van der Waals surface area contributed by atoms with E-state index in [2.05, 4.69) is 53.9 Å². The van der Waals surface area contributed by atoms with Crippen LogP contribution in [0.2, 0.25) is 0 Å². The molecule has 1 aliphatic heterocycles. The van der Waals surface area contributed by atoms with Gasteiger partial charge in [-0.25, -0.2) is 15.0 Å². The first kappa shape index (κ1) is 20.2. The van der Waals surface area contributed by atoms with Gasteiger partial charge >= 0.3 is 0 Å². The first-order valence-electron chi connectivity index (χ1n) is 9.61. The lowest BCUT2D eigenvalue weighted by Gasteiger charge is -2.25. The van der Waals surface area contributed by atoms with Crippen molar-refractivity contribution in [2.75, 3.05) is 38.2 Å². The van der Waals surface area contributed by atoms with Gasteiger partial charge in [-0.3, -0.25) is 4.90 Å². The molecule has 0 bridgehead atoms. The fourth-order valence-corrected chi connectivity index (χ4v) is 3.87. The minimum Gasteiger partial charge on any atom is -0.378 e. The zero-order valence-corrected chi connectivity index (χ0v) is 18.0. The van der Waals surface area contributed by atoms with Crippen LogP contribution >= 0.6 is 11.3 Å². The zero-order valence-electron chi connectivity index (χ0n) is 17.2. The van der Waals surface area contributed by atoms with Crippen molar-refractivity contribution in [3.05, 3.63) is 33.7 Å². The molecule has 7 heteroatoms. The number of thiazole rings is 1. The van der Waals surface area contributed by atoms with Gasteiger partial charge in [-0.2, -0.15) is 0 Å². The quantitative estimate of drug-likeness (QED) is 0.781. The lowest BCUT2D eigenvalue weighted by atomic mass is 9.95. The van der Waals surface area contributed by atoms with E-state index in [0.29, 0.717) is 6.61 Å². The predicted octanol–water partition coefficient (Wildman–Crippen LogP) is 3.40. The Hall–Kier alpha value is -1.57. The van der Waals surface area contributed by atoms with Crippen molar-refractivity contribution >= 4 is 17.2 Å². The number of hydrogen-bond acceptors (Lipinski definition) is 7. The Morgan fingerprint density at radius 3 is 2.56 bits per heavy atom. The highest BCUT2D eigenvalue weighted by atomic mass is 32.1. The molecule has 0 spiro atoms. The second-order valence-corrected chi connectivity index (χ2v) is 9.26. The maximum atomic E-state index is 5.33. The molecule has 2 aromatic heterocycles. The van der Waals surface area contributed by atoms with Crippen molar-refractivity contribution in [2.24, 2.45) is 0 Å². The van der Waals surface area contributed by atoms with Crippen LogP contribution in [0.15, 0.2) is 11.4 Å².